The van der Waals surface area contributed by atoms with Gasteiger partial charge in [-0.3, -0.25) is 4.79 Å². The van der Waals surface area contributed by atoms with Gasteiger partial charge in [-0.05, 0) is 48.7 Å². The van der Waals surface area contributed by atoms with Gasteiger partial charge in [0.05, 0.1) is 0 Å². The Bertz CT molecular complexity index is 1070. The maximum absolute atomic E-state index is 13.3. The fourth-order valence-corrected chi connectivity index (χ4v) is 3.96. The molecule has 1 aliphatic rings. The lowest BCUT2D eigenvalue weighted by atomic mass is 9.93. The zero-order chi connectivity index (χ0) is 20.9. The average molecular weight is 409 g/mol. The van der Waals surface area contributed by atoms with Gasteiger partial charge in [0.25, 0.3) is 5.91 Å². The number of benzene rings is 2. The van der Waals surface area contributed by atoms with Crippen molar-refractivity contribution >= 4 is 16.9 Å². The normalized spacial score (nSPS) is 14.6. The summed E-state index contributed by atoms with van der Waals surface area (Å²) in [5, 5.41) is 0.786. The van der Waals surface area contributed by atoms with Crippen LogP contribution in [-0.2, 0) is 11.3 Å². The third-order valence-electron chi connectivity index (χ3n) is 5.56. The summed E-state index contributed by atoms with van der Waals surface area (Å²) in [6, 6.07) is 14.6. The first kappa shape index (κ1) is 20.1. The highest BCUT2D eigenvalue weighted by atomic mass is 19.1. The second-order valence-corrected chi connectivity index (χ2v) is 7.68. The number of fused-ring (bicyclic) bond motifs is 1. The van der Waals surface area contributed by atoms with Crippen LogP contribution in [0.1, 0.15) is 37.7 Å². The van der Waals surface area contributed by atoms with E-state index in [1.165, 1.54) is 24.6 Å². The number of carbonyl (C=O) groups excluding carboxylic acids is 1. The minimum atomic E-state index is -0.432. The first-order valence-corrected chi connectivity index (χ1v) is 10.3. The van der Waals surface area contributed by atoms with E-state index in [0.717, 1.165) is 36.6 Å². The number of halogens is 1. The zero-order valence-corrected chi connectivity index (χ0v) is 16.7. The van der Waals surface area contributed by atoms with Gasteiger partial charge in [0.1, 0.15) is 17.1 Å². The summed E-state index contributed by atoms with van der Waals surface area (Å²) in [6.07, 6.45) is 5.32. The Hall–Kier alpha value is -3.15. The third kappa shape index (κ3) is 4.87. The van der Waals surface area contributed by atoms with Crippen LogP contribution in [0.5, 0.6) is 5.75 Å². The Kier molecular flexibility index (Phi) is 6.12. The topological polar surface area (TPSA) is 59.8 Å². The van der Waals surface area contributed by atoms with Crippen molar-refractivity contribution in [1.82, 2.24) is 4.90 Å². The molecule has 3 aromatic rings. The van der Waals surface area contributed by atoms with E-state index in [-0.39, 0.29) is 24.4 Å². The Morgan fingerprint density at radius 3 is 2.53 bits per heavy atom. The monoisotopic (exact) mass is 409 g/mol. The summed E-state index contributed by atoms with van der Waals surface area (Å²) in [7, 11) is 0. The standard InChI is InChI=1S/C24H24FNO4/c25-19-10-6-17(7-11-19)15-26(20-4-2-1-3-5-20)23(27)16-29-21-12-8-18-9-13-24(28)30-22(18)14-21/h6-14,20H,1-5,15-16H2. The van der Waals surface area contributed by atoms with E-state index in [2.05, 4.69) is 0 Å². The maximum atomic E-state index is 13.3. The Morgan fingerprint density at radius 2 is 1.77 bits per heavy atom. The van der Waals surface area contributed by atoms with Crippen LogP contribution < -0.4 is 10.4 Å². The highest BCUT2D eigenvalue weighted by Gasteiger charge is 2.26. The van der Waals surface area contributed by atoms with Gasteiger partial charge in [-0.25, -0.2) is 9.18 Å². The van der Waals surface area contributed by atoms with Gasteiger partial charge in [-0.1, -0.05) is 31.4 Å². The molecule has 1 saturated carbocycles. The molecule has 0 radical (unpaired) electrons. The van der Waals surface area contributed by atoms with Gasteiger partial charge in [0.15, 0.2) is 6.61 Å². The molecule has 6 heteroatoms. The highest BCUT2D eigenvalue weighted by Crippen LogP contribution is 2.25. The first-order valence-electron chi connectivity index (χ1n) is 10.3. The van der Waals surface area contributed by atoms with Crippen molar-refractivity contribution in [2.75, 3.05) is 6.61 Å². The van der Waals surface area contributed by atoms with Crippen LogP contribution in [0, 0.1) is 5.82 Å². The largest absolute Gasteiger partial charge is 0.484 e. The molecule has 1 heterocycles. The molecule has 0 saturated heterocycles. The van der Waals surface area contributed by atoms with E-state index in [9.17, 15) is 14.0 Å². The number of ether oxygens (including phenoxy) is 1. The van der Waals surface area contributed by atoms with E-state index in [0.29, 0.717) is 17.9 Å². The van der Waals surface area contributed by atoms with Crippen molar-refractivity contribution < 1.29 is 18.3 Å². The number of hydrogen-bond acceptors (Lipinski definition) is 4. The van der Waals surface area contributed by atoms with Crippen molar-refractivity contribution in [2.45, 2.75) is 44.7 Å². The molecule has 0 bridgehead atoms. The van der Waals surface area contributed by atoms with Gasteiger partial charge in [0.2, 0.25) is 0 Å². The molecule has 156 valence electrons. The van der Waals surface area contributed by atoms with Gasteiger partial charge < -0.3 is 14.1 Å². The lowest BCUT2D eigenvalue weighted by Crippen LogP contribution is -2.43. The summed E-state index contributed by atoms with van der Waals surface area (Å²) >= 11 is 0. The van der Waals surface area contributed by atoms with Gasteiger partial charge in [0, 0.05) is 30.1 Å². The number of nitrogens with zero attached hydrogens (tertiary/aromatic N) is 1. The molecule has 1 fully saturated rings. The second-order valence-electron chi connectivity index (χ2n) is 7.68. The summed E-state index contributed by atoms with van der Waals surface area (Å²) in [5.74, 6) is 0.0667. The van der Waals surface area contributed by atoms with E-state index in [1.807, 2.05) is 4.90 Å². The minimum Gasteiger partial charge on any atom is -0.484 e. The summed E-state index contributed by atoms with van der Waals surface area (Å²) < 4.78 is 24.2. The predicted molar refractivity (Wildman–Crippen MR) is 112 cm³/mol. The van der Waals surface area contributed by atoms with Crippen LogP contribution in [-0.4, -0.2) is 23.5 Å². The first-order chi connectivity index (χ1) is 14.6. The molecular weight excluding hydrogens is 385 g/mol. The van der Waals surface area contributed by atoms with Gasteiger partial charge in [-0.15, -0.1) is 0 Å². The molecule has 0 atom stereocenters. The summed E-state index contributed by atoms with van der Waals surface area (Å²) in [6.45, 7) is 0.319. The number of carbonyl (C=O) groups is 1. The SMILES string of the molecule is O=C(COc1ccc2ccc(=O)oc2c1)N(Cc1ccc(F)cc1)C1CCCCC1. The van der Waals surface area contributed by atoms with Crippen LogP contribution in [0.2, 0.25) is 0 Å². The number of rotatable bonds is 6. The molecule has 0 unspecified atom stereocenters. The molecule has 1 aliphatic carbocycles. The summed E-state index contributed by atoms with van der Waals surface area (Å²) in [4.78, 5) is 26.3. The van der Waals surface area contributed by atoms with E-state index in [1.54, 1.807) is 36.4 Å². The zero-order valence-electron chi connectivity index (χ0n) is 16.7. The summed E-state index contributed by atoms with van der Waals surface area (Å²) in [5.41, 5.74) is 0.879. The maximum Gasteiger partial charge on any atom is 0.336 e. The van der Waals surface area contributed by atoms with E-state index < -0.39 is 5.63 Å². The lowest BCUT2D eigenvalue weighted by molar-refractivity contribution is -0.137. The molecular formula is C24H24FNO4. The Labute approximate surface area is 174 Å². The minimum absolute atomic E-state index is 0.110. The van der Waals surface area contributed by atoms with Crippen molar-refractivity contribution in [3.63, 3.8) is 0 Å². The molecule has 0 aliphatic heterocycles. The molecule has 2 aromatic carbocycles. The fourth-order valence-electron chi connectivity index (χ4n) is 3.96. The fraction of sp³-hybridized carbons (Fsp3) is 0.333. The second kappa shape index (κ2) is 9.11. The molecule has 4 rings (SSSR count). The van der Waals surface area contributed by atoms with Crippen LogP contribution in [0.15, 0.2) is 63.8 Å². The number of hydrogen-bond donors (Lipinski definition) is 0. The van der Waals surface area contributed by atoms with E-state index >= 15 is 0 Å². The molecule has 1 aromatic heterocycles. The van der Waals surface area contributed by atoms with Crippen molar-refractivity contribution in [3.8, 4) is 5.75 Å². The molecule has 30 heavy (non-hydrogen) atoms. The van der Waals surface area contributed by atoms with E-state index in [4.69, 9.17) is 9.15 Å². The van der Waals surface area contributed by atoms with Crippen LogP contribution in [0.25, 0.3) is 11.0 Å². The van der Waals surface area contributed by atoms with Crippen LogP contribution in [0.4, 0.5) is 4.39 Å². The lowest BCUT2D eigenvalue weighted by Gasteiger charge is -2.34. The Balaban J connectivity index is 1.48. The van der Waals surface area contributed by atoms with Gasteiger partial charge >= 0.3 is 5.63 Å². The predicted octanol–water partition coefficient (Wildman–Crippen LogP) is 4.67. The highest BCUT2D eigenvalue weighted by molar-refractivity contribution is 5.79. The van der Waals surface area contributed by atoms with Gasteiger partial charge in [-0.2, -0.15) is 0 Å². The van der Waals surface area contributed by atoms with Crippen LogP contribution >= 0.6 is 0 Å². The van der Waals surface area contributed by atoms with Crippen LogP contribution in [0.3, 0.4) is 0 Å². The molecule has 0 N–H and O–H groups in total. The Morgan fingerprint density at radius 1 is 1.03 bits per heavy atom. The average Bonchev–Trinajstić information content (AvgIpc) is 2.77. The third-order valence-corrected chi connectivity index (χ3v) is 5.56. The van der Waals surface area contributed by atoms with Crippen molar-refractivity contribution in [1.29, 1.82) is 0 Å². The molecule has 0 spiro atoms. The smallest absolute Gasteiger partial charge is 0.336 e. The van der Waals surface area contributed by atoms with Crippen molar-refractivity contribution in [3.05, 3.63) is 76.4 Å². The number of amides is 1. The molecule has 1 amide bonds. The molecule has 5 nitrogen and oxygen atoms in total. The quantitative estimate of drug-likeness (QED) is 0.555. The van der Waals surface area contributed by atoms with Crippen molar-refractivity contribution in [2.24, 2.45) is 0 Å².